The summed E-state index contributed by atoms with van der Waals surface area (Å²) in [4.78, 5) is 25.7. The Labute approximate surface area is 124 Å². The smallest absolute Gasteiger partial charge is 0.252 e. The molecule has 2 rings (SSSR count). The zero-order valence-electron chi connectivity index (χ0n) is 12.6. The first-order valence-corrected chi connectivity index (χ1v) is 7.36. The topological polar surface area (TPSA) is 92.1 Å². The Morgan fingerprint density at radius 2 is 2.33 bits per heavy atom. The number of nitrogens with two attached hydrogens (primary N) is 1. The van der Waals surface area contributed by atoms with Crippen LogP contribution in [0.4, 0.5) is 0 Å². The lowest BCUT2D eigenvalue weighted by molar-refractivity contribution is -0.128. The van der Waals surface area contributed by atoms with Gasteiger partial charge in [0.05, 0.1) is 17.5 Å². The Bertz CT molecular complexity index is 562. The third-order valence-electron chi connectivity index (χ3n) is 4.06. The Morgan fingerprint density at radius 3 is 2.95 bits per heavy atom. The van der Waals surface area contributed by atoms with E-state index >= 15 is 0 Å². The predicted molar refractivity (Wildman–Crippen MR) is 79.7 cm³/mol. The third-order valence-corrected chi connectivity index (χ3v) is 4.06. The van der Waals surface area contributed by atoms with Gasteiger partial charge in [0.1, 0.15) is 0 Å². The van der Waals surface area contributed by atoms with Crippen LogP contribution in [0.15, 0.2) is 17.8 Å². The summed E-state index contributed by atoms with van der Waals surface area (Å²) < 4.78 is 0. The molecule has 1 aliphatic heterocycles. The molecule has 2 amide bonds. The minimum absolute atomic E-state index is 0.0858. The third kappa shape index (κ3) is 3.15. The van der Waals surface area contributed by atoms with Gasteiger partial charge in [0.15, 0.2) is 0 Å². The number of rotatable bonds is 4. The number of hydrogen-bond acceptors (Lipinski definition) is 3. The van der Waals surface area contributed by atoms with Gasteiger partial charge in [-0.25, -0.2) is 0 Å². The Balaban J connectivity index is 2.16. The quantitative estimate of drug-likeness (QED) is 0.824. The van der Waals surface area contributed by atoms with Crippen molar-refractivity contribution in [1.29, 1.82) is 0 Å². The van der Waals surface area contributed by atoms with Crippen LogP contribution in [0.3, 0.4) is 0 Å². The summed E-state index contributed by atoms with van der Waals surface area (Å²) in [6.45, 7) is 5.22. The number of hydrogen-bond donors (Lipinski definition) is 2. The van der Waals surface area contributed by atoms with Crippen molar-refractivity contribution in [2.75, 3.05) is 13.1 Å². The molecule has 21 heavy (non-hydrogen) atoms. The number of allylic oxidation sites excluding steroid dienone is 1. The van der Waals surface area contributed by atoms with Gasteiger partial charge in [-0.1, -0.05) is 13.0 Å². The summed E-state index contributed by atoms with van der Waals surface area (Å²) >= 11 is 0. The average Bonchev–Trinajstić information content (AvgIpc) is 2.98. The van der Waals surface area contributed by atoms with E-state index < -0.39 is 5.91 Å². The minimum atomic E-state index is -0.482. The average molecular weight is 290 g/mol. The number of piperidine rings is 1. The maximum Gasteiger partial charge on any atom is 0.252 e. The highest BCUT2D eigenvalue weighted by molar-refractivity contribution is 5.94. The fourth-order valence-electron chi connectivity index (χ4n) is 2.88. The molecule has 0 aliphatic carbocycles. The first-order chi connectivity index (χ1) is 10.1. The van der Waals surface area contributed by atoms with E-state index in [9.17, 15) is 9.59 Å². The minimum Gasteiger partial charge on any atom is -0.365 e. The van der Waals surface area contributed by atoms with Crippen molar-refractivity contribution >= 4 is 11.8 Å². The first kappa shape index (κ1) is 15.3. The number of H-pyrrole nitrogens is 1. The SMILES string of the molecule is C/C=C(\CC)C(=O)N1CCCC(c2[nH]ncc2C(N)=O)C1. The van der Waals surface area contributed by atoms with Gasteiger partial charge in [-0.3, -0.25) is 14.7 Å². The van der Waals surface area contributed by atoms with Crippen molar-refractivity contribution in [1.82, 2.24) is 15.1 Å². The number of carbonyl (C=O) groups excluding carboxylic acids is 2. The molecule has 1 fully saturated rings. The fraction of sp³-hybridized carbons (Fsp3) is 0.533. The van der Waals surface area contributed by atoms with Crippen molar-refractivity contribution in [3.8, 4) is 0 Å². The van der Waals surface area contributed by atoms with Crippen molar-refractivity contribution < 1.29 is 9.59 Å². The molecule has 1 aliphatic rings. The molecule has 114 valence electrons. The molecule has 0 bridgehead atoms. The highest BCUT2D eigenvalue weighted by atomic mass is 16.2. The molecular formula is C15H22N4O2. The second kappa shape index (κ2) is 6.56. The molecule has 1 aromatic rings. The van der Waals surface area contributed by atoms with Gasteiger partial charge >= 0.3 is 0 Å². The van der Waals surface area contributed by atoms with E-state index in [0.717, 1.165) is 37.1 Å². The van der Waals surface area contributed by atoms with E-state index in [2.05, 4.69) is 10.2 Å². The Hall–Kier alpha value is -2.11. The lowest BCUT2D eigenvalue weighted by Gasteiger charge is -2.33. The van der Waals surface area contributed by atoms with Crippen LogP contribution in [0.1, 0.15) is 55.1 Å². The number of likely N-dealkylation sites (tertiary alicyclic amines) is 1. The second-order valence-corrected chi connectivity index (χ2v) is 5.32. The van der Waals surface area contributed by atoms with E-state index in [1.807, 2.05) is 24.8 Å². The van der Waals surface area contributed by atoms with Crippen LogP contribution in [0.5, 0.6) is 0 Å². The molecule has 1 aromatic heterocycles. The van der Waals surface area contributed by atoms with Crippen molar-refractivity contribution in [3.05, 3.63) is 29.1 Å². The van der Waals surface area contributed by atoms with Crippen LogP contribution >= 0.6 is 0 Å². The zero-order valence-corrected chi connectivity index (χ0v) is 12.6. The molecule has 1 saturated heterocycles. The number of aromatic nitrogens is 2. The van der Waals surface area contributed by atoms with Crippen LogP contribution in [0, 0.1) is 0 Å². The summed E-state index contributed by atoms with van der Waals surface area (Å²) in [6.07, 6.45) is 5.89. The lowest BCUT2D eigenvalue weighted by Crippen LogP contribution is -2.40. The number of aromatic amines is 1. The molecule has 0 spiro atoms. The van der Waals surface area contributed by atoms with Crippen LogP contribution in [0.25, 0.3) is 0 Å². The highest BCUT2D eigenvalue weighted by Crippen LogP contribution is 2.28. The van der Waals surface area contributed by atoms with Gasteiger partial charge in [0, 0.05) is 24.6 Å². The van der Waals surface area contributed by atoms with E-state index in [4.69, 9.17) is 5.73 Å². The molecule has 6 heteroatoms. The van der Waals surface area contributed by atoms with E-state index in [-0.39, 0.29) is 11.8 Å². The highest BCUT2D eigenvalue weighted by Gasteiger charge is 2.29. The van der Waals surface area contributed by atoms with Gasteiger partial charge in [-0.2, -0.15) is 5.10 Å². The second-order valence-electron chi connectivity index (χ2n) is 5.32. The molecule has 1 unspecified atom stereocenters. The maximum absolute atomic E-state index is 12.4. The molecule has 2 heterocycles. The standard InChI is InChI=1S/C15H22N4O2/c1-3-10(4-2)15(21)19-7-5-6-11(9-19)13-12(14(16)20)8-17-18-13/h3,8,11H,4-7,9H2,1-2H3,(H2,16,20)(H,17,18)/b10-3+. The largest absolute Gasteiger partial charge is 0.365 e. The summed E-state index contributed by atoms with van der Waals surface area (Å²) in [6, 6.07) is 0. The summed E-state index contributed by atoms with van der Waals surface area (Å²) in [7, 11) is 0. The van der Waals surface area contributed by atoms with Gasteiger partial charge in [0.2, 0.25) is 5.91 Å². The number of nitrogens with one attached hydrogen (secondary N) is 1. The van der Waals surface area contributed by atoms with Crippen molar-refractivity contribution in [2.24, 2.45) is 5.73 Å². The summed E-state index contributed by atoms with van der Waals surface area (Å²) in [5.41, 5.74) is 7.37. The molecule has 0 saturated carbocycles. The van der Waals surface area contributed by atoms with Crippen LogP contribution in [-0.4, -0.2) is 40.0 Å². The monoisotopic (exact) mass is 290 g/mol. The molecule has 6 nitrogen and oxygen atoms in total. The van der Waals surface area contributed by atoms with Crippen LogP contribution in [-0.2, 0) is 4.79 Å². The number of amides is 2. The van der Waals surface area contributed by atoms with Crippen LogP contribution in [0.2, 0.25) is 0 Å². The number of primary amides is 1. The van der Waals surface area contributed by atoms with Crippen molar-refractivity contribution in [2.45, 2.75) is 39.0 Å². The number of nitrogens with zero attached hydrogens (tertiary/aromatic N) is 2. The van der Waals surface area contributed by atoms with Crippen LogP contribution < -0.4 is 5.73 Å². The van der Waals surface area contributed by atoms with E-state index in [1.54, 1.807) is 0 Å². The maximum atomic E-state index is 12.4. The van der Waals surface area contributed by atoms with Gasteiger partial charge in [-0.05, 0) is 26.2 Å². The Kier molecular flexibility index (Phi) is 4.77. The molecule has 3 N–H and O–H groups in total. The lowest BCUT2D eigenvalue weighted by atomic mass is 9.92. The number of carbonyl (C=O) groups is 2. The summed E-state index contributed by atoms with van der Waals surface area (Å²) in [5, 5.41) is 6.79. The van der Waals surface area contributed by atoms with Gasteiger partial charge in [-0.15, -0.1) is 0 Å². The normalized spacial score (nSPS) is 19.6. The van der Waals surface area contributed by atoms with Crippen molar-refractivity contribution in [3.63, 3.8) is 0 Å². The fourth-order valence-corrected chi connectivity index (χ4v) is 2.88. The summed E-state index contributed by atoms with van der Waals surface area (Å²) in [5.74, 6) is -0.308. The first-order valence-electron chi connectivity index (χ1n) is 7.36. The Morgan fingerprint density at radius 1 is 1.57 bits per heavy atom. The van der Waals surface area contributed by atoms with E-state index in [1.165, 1.54) is 6.20 Å². The van der Waals surface area contributed by atoms with E-state index in [0.29, 0.717) is 12.1 Å². The molecule has 0 aromatic carbocycles. The predicted octanol–water partition coefficient (Wildman–Crippen LogP) is 1.57. The zero-order chi connectivity index (χ0) is 15.4. The molecular weight excluding hydrogens is 268 g/mol. The van der Waals surface area contributed by atoms with Gasteiger partial charge < -0.3 is 10.6 Å². The molecule has 1 atom stereocenters. The van der Waals surface area contributed by atoms with Gasteiger partial charge in [0.25, 0.3) is 5.91 Å². The molecule has 0 radical (unpaired) electrons.